The van der Waals surface area contributed by atoms with Gasteiger partial charge in [0.2, 0.25) is 0 Å². The van der Waals surface area contributed by atoms with Gasteiger partial charge in [0.05, 0.1) is 0 Å². The van der Waals surface area contributed by atoms with Gasteiger partial charge < -0.3 is 4.90 Å². The summed E-state index contributed by atoms with van der Waals surface area (Å²) in [7, 11) is 0. The van der Waals surface area contributed by atoms with E-state index in [1.807, 2.05) is 29.2 Å². The summed E-state index contributed by atoms with van der Waals surface area (Å²) in [4.78, 5) is 26.4. The fraction of sp³-hybridized carbons (Fsp3) is 0.500. The van der Waals surface area contributed by atoms with Crippen molar-refractivity contribution in [3.63, 3.8) is 0 Å². The van der Waals surface area contributed by atoms with Gasteiger partial charge in [-0.2, -0.15) is 0 Å². The van der Waals surface area contributed by atoms with E-state index in [2.05, 4.69) is 13.8 Å². The summed E-state index contributed by atoms with van der Waals surface area (Å²) in [5, 5.41) is 0. The average Bonchev–Trinajstić information content (AvgIpc) is 2.53. The maximum absolute atomic E-state index is 12.5. The Morgan fingerprint density at radius 2 is 1.65 bits per heavy atom. The number of hydrogen-bond donors (Lipinski definition) is 0. The second-order valence-corrected chi connectivity index (χ2v) is 7.58. The number of likely N-dealkylation sites (tertiary alicyclic amines) is 1. The van der Waals surface area contributed by atoms with Crippen molar-refractivity contribution in [2.45, 2.75) is 46.0 Å². The summed E-state index contributed by atoms with van der Waals surface area (Å²) in [5.41, 5.74) is 2.91. The molecule has 1 heterocycles. The normalized spacial score (nSPS) is 21.0. The Balaban J connectivity index is 1.77. The van der Waals surface area contributed by atoms with Crippen molar-refractivity contribution in [1.82, 2.24) is 4.90 Å². The first kappa shape index (κ1) is 16.0. The molecule has 2 aliphatic rings. The van der Waals surface area contributed by atoms with Crippen LogP contribution in [-0.4, -0.2) is 29.7 Å². The number of piperidine rings is 1. The van der Waals surface area contributed by atoms with E-state index in [0.717, 1.165) is 49.1 Å². The first-order chi connectivity index (χ1) is 10.9. The van der Waals surface area contributed by atoms with E-state index in [1.165, 1.54) is 6.42 Å². The van der Waals surface area contributed by atoms with Crippen molar-refractivity contribution in [3.05, 3.63) is 41.5 Å². The second kappa shape index (κ2) is 6.31. The lowest BCUT2D eigenvalue weighted by Crippen LogP contribution is -2.35. The SMILES string of the molecule is CC1(C)CC(=O)C=C(c2ccc(C(=O)N3CCCCC3)cc2)C1. The zero-order valence-electron chi connectivity index (χ0n) is 14.1. The number of benzene rings is 1. The fourth-order valence-electron chi connectivity index (χ4n) is 3.64. The molecule has 1 aliphatic heterocycles. The number of amides is 1. The van der Waals surface area contributed by atoms with E-state index in [4.69, 9.17) is 0 Å². The van der Waals surface area contributed by atoms with Gasteiger partial charge in [0.1, 0.15) is 0 Å². The van der Waals surface area contributed by atoms with Gasteiger partial charge in [-0.1, -0.05) is 26.0 Å². The molecule has 1 aliphatic carbocycles. The van der Waals surface area contributed by atoms with Crippen molar-refractivity contribution in [2.75, 3.05) is 13.1 Å². The van der Waals surface area contributed by atoms with Crippen LogP contribution >= 0.6 is 0 Å². The van der Waals surface area contributed by atoms with Crippen LogP contribution in [0.2, 0.25) is 0 Å². The summed E-state index contributed by atoms with van der Waals surface area (Å²) in [6, 6.07) is 7.77. The molecule has 0 atom stereocenters. The first-order valence-electron chi connectivity index (χ1n) is 8.58. The minimum absolute atomic E-state index is 0.0173. The molecule has 0 radical (unpaired) electrons. The van der Waals surface area contributed by atoms with Crippen LogP contribution in [0.5, 0.6) is 0 Å². The molecule has 122 valence electrons. The Morgan fingerprint density at radius 3 is 2.26 bits per heavy atom. The molecule has 3 heteroatoms. The molecule has 0 N–H and O–H groups in total. The molecule has 0 aromatic heterocycles. The van der Waals surface area contributed by atoms with E-state index in [9.17, 15) is 9.59 Å². The molecule has 0 unspecified atom stereocenters. The molecule has 1 aromatic rings. The van der Waals surface area contributed by atoms with Crippen molar-refractivity contribution in [2.24, 2.45) is 5.41 Å². The minimum Gasteiger partial charge on any atom is -0.339 e. The molecule has 1 amide bonds. The van der Waals surface area contributed by atoms with Gasteiger partial charge in [-0.05, 0) is 60.4 Å². The fourth-order valence-corrected chi connectivity index (χ4v) is 3.64. The van der Waals surface area contributed by atoms with Crippen LogP contribution in [0.15, 0.2) is 30.3 Å². The summed E-state index contributed by atoms with van der Waals surface area (Å²) >= 11 is 0. The molecule has 0 bridgehead atoms. The van der Waals surface area contributed by atoms with Crippen LogP contribution in [0.3, 0.4) is 0 Å². The lowest BCUT2D eigenvalue weighted by Gasteiger charge is -2.29. The second-order valence-electron chi connectivity index (χ2n) is 7.58. The number of nitrogens with zero attached hydrogens (tertiary/aromatic N) is 1. The van der Waals surface area contributed by atoms with Gasteiger partial charge in [-0.3, -0.25) is 9.59 Å². The van der Waals surface area contributed by atoms with Crippen molar-refractivity contribution >= 4 is 17.3 Å². The number of carbonyl (C=O) groups is 2. The molecule has 1 aromatic carbocycles. The maximum atomic E-state index is 12.5. The quantitative estimate of drug-likeness (QED) is 0.825. The molecule has 0 spiro atoms. The molecule has 23 heavy (non-hydrogen) atoms. The van der Waals surface area contributed by atoms with Gasteiger partial charge in [0.15, 0.2) is 5.78 Å². The highest BCUT2D eigenvalue weighted by atomic mass is 16.2. The van der Waals surface area contributed by atoms with E-state index in [1.54, 1.807) is 6.08 Å². The van der Waals surface area contributed by atoms with Crippen LogP contribution in [0.25, 0.3) is 5.57 Å². The van der Waals surface area contributed by atoms with Gasteiger partial charge >= 0.3 is 0 Å². The van der Waals surface area contributed by atoms with Gasteiger partial charge in [-0.25, -0.2) is 0 Å². The third-order valence-corrected chi connectivity index (χ3v) is 4.80. The lowest BCUT2D eigenvalue weighted by molar-refractivity contribution is -0.116. The Hall–Kier alpha value is -1.90. The topological polar surface area (TPSA) is 37.4 Å². The van der Waals surface area contributed by atoms with Crippen molar-refractivity contribution in [3.8, 4) is 0 Å². The van der Waals surface area contributed by atoms with E-state index >= 15 is 0 Å². The van der Waals surface area contributed by atoms with Gasteiger partial charge in [0.25, 0.3) is 5.91 Å². The summed E-state index contributed by atoms with van der Waals surface area (Å²) < 4.78 is 0. The number of rotatable bonds is 2. The highest BCUT2D eigenvalue weighted by molar-refractivity contribution is 5.99. The van der Waals surface area contributed by atoms with Crippen molar-refractivity contribution in [1.29, 1.82) is 0 Å². The highest BCUT2D eigenvalue weighted by Gasteiger charge is 2.28. The van der Waals surface area contributed by atoms with Gasteiger partial charge in [0, 0.05) is 25.1 Å². The molecule has 1 saturated heterocycles. The van der Waals surface area contributed by atoms with E-state index in [0.29, 0.717) is 6.42 Å². The van der Waals surface area contributed by atoms with Crippen LogP contribution < -0.4 is 0 Å². The van der Waals surface area contributed by atoms with E-state index < -0.39 is 0 Å². The molecular weight excluding hydrogens is 286 g/mol. The third-order valence-electron chi connectivity index (χ3n) is 4.80. The number of carbonyl (C=O) groups excluding carboxylic acids is 2. The zero-order chi connectivity index (χ0) is 16.4. The molecule has 0 saturated carbocycles. The van der Waals surface area contributed by atoms with Crippen LogP contribution in [0.4, 0.5) is 0 Å². The zero-order valence-corrected chi connectivity index (χ0v) is 14.1. The first-order valence-corrected chi connectivity index (χ1v) is 8.58. The van der Waals surface area contributed by atoms with Crippen LogP contribution in [-0.2, 0) is 4.79 Å². The third kappa shape index (κ3) is 3.72. The minimum atomic E-state index is 0.0173. The Labute approximate surface area is 138 Å². The number of allylic oxidation sites excluding steroid dienone is 2. The lowest BCUT2D eigenvalue weighted by atomic mass is 9.75. The largest absolute Gasteiger partial charge is 0.339 e. The molecule has 3 rings (SSSR count). The monoisotopic (exact) mass is 311 g/mol. The summed E-state index contributed by atoms with van der Waals surface area (Å²) in [5.74, 6) is 0.329. The number of hydrogen-bond acceptors (Lipinski definition) is 2. The van der Waals surface area contributed by atoms with Gasteiger partial charge in [-0.15, -0.1) is 0 Å². The Bertz CT molecular complexity index is 634. The van der Waals surface area contributed by atoms with E-state index in [-0.39, 0.29) is 17.1 Å². The Morgan fingerprint density at radius 1 is 1.00 bits per heavy atom. The van der Waals surface area contributed by atoms with Crippen LogP contribution in [0, 0.1) is 5.41 Å². The molecule has 3 nitrogen and oxygen atoms in total. The molecule has 1 fully saturated rings. The highest BCUT2D eigenvalue weighted by Crippen LogP contribution is 2.38. The maximum Gasteiger partial charge on any atom is 0.253 e. The average molecular weight is 311 g/mol. The number of ketones is 1. The smallest absolute Gasteiger partial charge is 0.253 e. The predicted molar refractivity (Wildman–Crippen MR) is 92.2 cm³/mol. The van der Waals surface area contributed by atoms with Crippen molar-refractivity contribution < 1.29 is 9.59 Å². The predicted octanol–water partition coefficient (Wildman–Crippen LogP) is 4.09. The summed E-state index contributed by atoms with van der Waals surface area (Å²) in [6.45, 7) is 6.00. The Kier molecular flexibility index (Phi) is 4.38. The summed E-state index contributed by atoms with van der Waals surface area (Å²) in [6.07, 6.45) is 6.72. The standard InChI is InChI=1S/C20H25NO2/c1-20(2)13-17(12-18(22)14-20)15-6-8-16(9-7-15)19(23)21-10-4-3-5-11-21/h6-9,12H,3-5,10-11,13-14H2,1-2H3. The molecular formula is C20H25NO2. The van der Waals surface area contributed by atoms with Crippen LogP contribution in [0.1, 0.15) is 61.9 Å².